The molecule has 1 unspecified atom stereocenters. The minimum atomic E-state index is -3.73. The van der Waals surface area contributed by atoms with E-state index in [1.807, 2.05) is 58.0 Å². The molecule has 0 N–H and O–H groups in total. The van der Waals surface area contributed by atoms with Crippen LogP contribution in [0.5, 0.6) is 0 Å². The number of sulfone groups is 1. The Balaban J connectivity index is 1.71. The van der Waals surface area contributed by atoms with Gasteiger partial charge in [0.25, 0.3) is 0 Å². The van der Waals surface area contributed by atoms with Gasteiger partial charge in [-0.3, -0.25) is 4.79 Å². The first-order chi connectivity index (χ1) is 13.5. The third-order valence-corrected chi connectivity index (χ3v) is 6.51. The Hall–Kier alpha value is -2.22. The van der Waals surface area contributed by atoms with Crippen molar-refractivity contribution in [1.82, 2.24) is 15.0 Å². The molecule has 1 aliphatic rings. The molecule has 1 aliphatic carbocycles. The molecule has 0 aliphatic heterocycles. The molecule has 7 nitrogen and oxygen atoms in total. The summed E-state index contributed by atoms with van der Waals surface area (Å²) < 4.78 is 30.4. The van der Waals surface area contributed by atoms with E-state index in [9.17, 15) is 13.2 Å². The zero-order chi connectivity index (χ0) is 21.2. The van der Waals surface area contributed by atoms with Gasteiger partial charge in [0.2, 0.25) is 11.8 Å². The van der Waals surface area contributed by atoms with Crippen molar-refractivity contribution in [2.24, 2.45) is 5.92 Å². The maximum Gasteiger partial charge on any atom is 0.241 e. The van der Waals surface area contributed by atoms with Crippen molar-refractivity contribution in [3.63, 3.8) is 0 Å². The number of benzene rings is 1. The van der Waals surface area contributed by atoms with Crippen molar-refractivity contribution >= 4 is 15.7 Å². The molecule has 8 heteroatoms. The Morgan fingerprint density at radius 2 is 1.90 bits per heavy atom. The van der Waals surface area contributed by atoms with Crippen LogP contribution in [0.15, 0.2) is 34.9 Å². The monoisotopic (exact) mass is 419 g/mol. The smallest absolute Gasteiger partial charge is 0.241 e. The molecule has 3 rings (SSSR count). The first kappa shape index (κ1) is 21.5. The Morgan fingerprint density at radius 1 is 1.24 bits per heavy atom. The molecule has 1 saturated carbocycles. The largest absolute Gasteiger partial charge is 0.338 e. The van der Waals surface area contributed by atoms with Gasteiger partial charge in [-0.25, -0.2) is 8.42 Å². The van der Waals surface area contributed by atoms with Gasteiger partial charge in [0, 0.05) is 18.0 Å². The van der Waals surface area contributed by atoms with Gasteiger partial charge < -0.3 is 9.42 Å². The number of carbonyl (C=O) groups excluding carboxylic acids is 1. The molecule has 0 radical (unpaired) electrons. The minimum absolute atomic E-state index is 0.00815. The Morgan fingerprint density at radius 3 is 2.45 bits per heavy atom. The highest BCUT2D eigenvalue weighted by Crippen LogP contribution is 2.35. The molecule has 0 saturated heterocycles. The number of hydrogen-bond donors (Lipinski definition) is 0. The summed E-state index contributed by atoms with van der Waals surface area (Å²) in [6.07, 6.45) is 2.15. The SMILES string of the molecule is CC(C1CC1)N(Cc1ccccc1)C(=O)CS(=O)(=O)Cc1nc(C(C)(C)C)no1. The quantitative estimate of drug-likeness (QED) is 0.653. The Bertz CT molecular complexity index is 944. The molecule has 1 aromatic heterocycles. The molecule has 2 aromatic rings. The highest BCUT2D eigenvalue weighted by Gasteiger charge is 2.36. The first-order valence-electron chi connectivity index (χ1n) is 9.92. The number of aromatic nitrogens is 2. The van der Waals surface area contributed by atoms with E-state index in [-0.39, 0.29) is 23.3 Å². The van der Waals surface area contributed by atoms with Crippen LogP contribution >= 0.6 is 0 Å². The summed E-state index contributed by atoms with van der Waals surface area (Å²) in [7, 11) is -3.73. The van der Waals surface area contributed by atoms with E-state index in [4.69, 9.17) is 4.52 Å². The maximum atomic E-state index is 13.0. The van der Waals surface area contributed by atoms with E-state index < -0.39 is 21.3 Å². The van der Waals surface area contributed by atoms with E-state index in [1.165, 1.54) is 0 Å². The van der Waals surface area contributed by atoms with Crippen molar-refractivity contribution < 1.29 is 17.7 Å². The predicted molar refractivity (Wildman–Crippen MR) is 110 cm³/mol. The summed E-state index contributed by atoms with van der Waals surface area (Å²) in [5.41, 5.74) is 0.644. The van der Waals surface area contributed by atoms with Crippen LogP contribution in [0, 0.1) is 5.92 Å². The van der Waals surface area contributed by atoms with Crippen LogP contribution in [-0.4, -0.2) is 41.2 Å². The van der Waals surface area contributed by atoms with E-state index in [2.05, 4.69) is 10.1 Å². The minimum Gasteiger partial charge on any atom is -0.338 e. The lowest BCUT2D eigenvalue weighted by atomic mass is 9.96. The molecular weight excluding hydrogens is 390 g/mol. The van der Waals surface area contributed by atoms with Crippen LogP contribution in [0.4, 0.5) is 0 Å². The van der Waals surface area contributed by atoms with Crippen LogP contribution < -0.4 is 0 Å². The molecule has 1 atom stereocenters. The second kappa shape index (κ2) is 8.26. The molecular formula is C21H29N3O4S. The zero-order valence-electron chi connectivity index (χ0n) is 17.5. The topological polar surface area (TPSA) is 93.4 Å². The van der Waals surface area contributed by atoms with Crippen LogP contribution in [-0.2, 0) is 32.3 Å². The van der Waals surface area contributed by atoms with E-state index >= 15 is 0 Å². The fourth-order valence-electron chi connectivity index (χ4n) is 3.20. The van der Waals surface area contributed by atoms with Crippen molar-refractivity contribution in [3.05, 3.63) is 47.6 Å². The molecule has 1 fully saturated rings. The average Bonchev–Trinajstić information content (AvgIpc) is 3.37. The Labute approximate surface area is 172 Å². The van der Waals surface area contributed by atoms with Crippen LogP contribution in [0.3, 0.4) is 0 Å². The highest BCUT2D eigenvalue weighted by atomic mass is 32.2. The van der Waals surface area contributed by atoms with Gasteiger partial charge >= 0.3 is 0 Å². The molecule has 29 heavy (non-hydrogen) atoms. The number of amides is 1. The van der Waals surface area contributed by atoms with Gasteiger partial charge in [0.05, 0.1) is 0 Å². The summed E-state index contributed by atoms with van der Waals surface area (Å²) in [5.74, 6) is -0.475. The van der Waals surface area contributed by atoms with Gasteiger partial charge in [0.15, 0.2) is 15.7 Å². The zero-order valence-corrected chi connectivity index (χ0v) is 18.3. The van der Waals surface area contributed by atoms with Crippen molar-refractivity contribution in [3.8, 4) is 0 Å². The third kappa shape index (κ3) is 5.88. The number of rotatable bonds is 8. The number of hydrogen-bond acceptors (Lipinski definition) is 6. The fourth-order valence-corrected chi connectivity index (χ4v) is 4.34. The average molecular weight is 420 g/mol. The Kier molecular flexibility index (Phi) is 6.12. The molecule has 0 spiro atoms. The molecule has 1 heterocycles. The summed E-state index contributed by atoms with van der Waals surface area (Å²) in [6, 6.07) is 9.65. The molecule has 1 amide bonds. The fraction of sp³-hybridized carbons (Fsp3) is 0.571. The summed E-state index contributed by atoms with van der Waals surface area (Å²) >= 11 is 0. The van der Waals surface area contributed by atoms with Gasteiger partial charge in [-0.05, 0) is 31.2 Å². The lowest BCUT2D eigenvalue weighted by Crippen LogP contribution is -2.42. The van der Waals surface area contributed by atoms with E-state index in [0.29, 0.717) is 18.3 Å². The van der Waals surface area contributed by atoms with Crippen molar-refractivity contribution in [2.45, 2.75) is 64.3 Å². The van der Waals surface area contributed by atoms with Crippen LogP contribution in [0.25, 0.3) is 0 Å². The van der Waals surface area contributed by atoms with E-state index in [1.54, 1.807) is 4.90 Å². The number of carbonyl (C=O) groups is 1. The second-order valence-electron chi connectivity index (χ2n) is 8.88. The maximum absolute atomic E-state index is 13.0. The standard InChI is InChI=1S/C21H29N3O4S/c1-15(17-10-11-17)24(12-16-8-6-5-7-9-16)19(25)14-29(26,27)13-18-22-20(23-28-18)21(2,3)4/h5-9,15,17H,10-14H2,1-4H3. The summed E-state index contributed by atoms with van der Waals surface area (Å²) in [4.78, 5) is 18.8. The predicted octanol–water partition coefficient (Wildman–Crippen LogP) is 3.11. The van der Waals surface area contributed by atoms with Gasteiger partial charge in [0.1, 0.15) is 11.5 Å². The number of nitrogens with zero attached hydrogens (tertiary/aromatic N) is 3. The van der Waals surface area contributed by atoms with Crippen LogP contribution in [0.2, 0.25) is 0 Å². The van der Waals surface area contributed by atoms with Gasteiger partial charge in [-0.15, -0.1) is 0 Å². The lowest BCUT2D eigenvalue weighted by molar-refractivity contribution is -0.131. The van der Waals surface area contributed by atoms with Crippen molar-refractivity contribution in [2.75, 3.05) is 5.75 Å². The molecule has 158 valence electrons. The third-order valence-electron chi connectivity index (χ3n) is 5.14. The first-order valence-corrected chi connectivity index (χ1v) is 11.7. The normalized spacial score (nSPS) is 15.9. The lowest BCUT2D eigenvalue weighted by Gasteiger charge is -2.29. The molecule has 1 aromatic carbocycles. The van der Waals surface area contributed by atoms with Crippen molar-refractivity contribution in [1.29, 1.82) is 0 Å². The van der Waals surface area contributed by atoms with E-state index in [0.717, 1.165) is 18.4 Å². The van der Waals surface area contributed by atoms with Gasteiger partial charge in [-0.2, -0.15) is 4.98 Å². The van der Waals surface area contributed by atoms with Crippen LogP contribution in [0.1, 0.15) is 57.8 Å². The van der Waals surface area contributed by atoms with Gasteiger partial charge in [-0.1, -0.05) is 56.3 Å². The molecule has 0 bridgehead atoms. The highest BCUT2D eigenvalue weighted by molar-refractivity contribution is 7.91. The summed E-state index contributed by atoms with van der Waals surface area (Å²) in [5, 5.41) is 3.86. The summed E-state index contributed by atoms with van der Waals surface area (Å²) in [6.45, 7) is 8.15. The second-order valence-corrected chi connectivity index (χ2v) is 10.9.